The van der Waals surface area contributed by atoms with Gasteiger partial charge in [-0.25, -0.2) is 0 Å². The molecule has 1 unspecified atom stereocenters. The summed E-state index contributed by atoms with van der Waals surface area (Å²) in [5.41, 5.74) is 1.03. The van der Waals surface area contributed by atoms with Crippen LogP contribution in [0.25, 0.3) is 0 Å². The van der Waals surface area contributed by atoms with Crippen molar-refractivity contribution in [2.45, 2.75) is 19.9 Å². The van der Waals surface area contributed by atoms with Crippen LogP contribution in [0.4, 0.5) is 5.13 Å². The minimum atomic E-state index is -0.209. The summed E-state index contributed by atoms with van der Waals surface area (Å²) in [5, 5.41) is 14.8. The summed E-state index contributed by atoms with van der Waals surface area (Å²) < 4.78 is 0.987. The average Bonchev–Trinajstić information content (AvgIpc) is 2.88. The lowest BCUT2D eigenvalue weighted by atomic mass is 10.1. The first kappa shape index (κ1) is 14.9. The van der Waals surface area contributed by atoms with Crippen molar-refractivity contribution in [2.24, 2.45) is 0 Å². The van der Waals surface area contributed by atoms with Crippen LogP contribution < -0.4 is 10.6 Å². The number of aromatic nitrogens is 2. The third-order valence-corrected chi connectivity index (χ3v) is 4.02. The molecule has 1 aromatic carbocycles. The minimum Gasteiger partial charge on any atom is -0.360 e. The van der Waals surface area contributed by atoms with Crippen LogP contribution in [0.2, 0.25) is 0 Å². The number of amides is 1. The van der Waals surface area contributed by atoms with Crippen LogP contribution in [0.1, 0.15) is 35.3 Å². The maximum absolute atomic E-state index is 12.1. The van der Waals surface area contributed by atoms with Crippen molar-refractivity contribution in [3.8, 4) is 0 Å². The fourth-order valence-electron chi connectivity index (χ4n) is 1.66. The summed E-state index contributed by atoms with van der Waals surface area (Å²) in [5.74, 6) is -0.209. The minimum absolute atomic E-state index is 0.0912. The summed E-state index contributed by atoms with van der Waals surface area (Å²) >= 11 is 4.67. The molecule has 2 N–H and O–H groups in total. The Morgan fingerprint density at radius 3 is 2.95 bits per heavy atom. The molecule has 0 bridgehead atoms. The number of rotatable bonds is 5. The molecule has 20 heavy (non-hydrogen) atoms. The lowest BCUT2D eigenvalue weighted by Gasteiger charge is -2.13. The topological polar surface area (TPSA) is 66.9 Å². The zero-order chi connectivity index (χ0) is 14.5. The van der Waals surface area contributed by atoms with Gasteiger partial charge in [0, 0.05) is 11.0 Å². The molecule has 1 amide bonds. The lowest BCUT2D eigenvalue weighted by Crippen LogP contribution is -2.26. The Hall–Kier alpha value is -1.47. The van der Waals surface area contributed by atoms with E-state index in [-0.39, 0.29) is 11.9 Å². The Labute approximate surface area is 129 Å². The number of hydrogen-bond donors (Lipinski definition) is 2. The van der Waals surface area contributed by atoms with Crippen LogP contribution >= 0.6 is 27.3 Å². The first-order valence-electron chi connectivity index (χ1n) is 6.24. The van der Waals surface area contributed by atoms with Gasteiger partial charge in [0.2, 0.25) is 10.1 Å². The molecule has 0 aliphatic heterocycles. The van der Waals surface area contributed by atoms with Gasteiger partial charge in [-0.15, -0.1) is 10.2 Å². The Morgan fingerprint density at radius 1 is 1.45 bits per heavy atom. The van der Waals surface area contributed by atoms with Crippen molar-refractivity contribution in [3.63, 3.8) is 0 Å². The quantitative estimate of drug-likeness (QED) is 0.864. The Balaban J connectivity index is 2.03. The zero-order valence-electron chi connectivity index (χ0n) is 11.2. The summed E-state index contributed by atoms with van der Waals surface area (Å²) in [6.07, 6.45) is 0. The fraction of sp³-hybridized carbons (Fsp3) is 0.308. The van der Waals surface area contributed by atoms with Gasteiger partial charge in [0.05, 0.1) is 6.04 Å². The molecule has 0 aliphatic carbocycles. The number of carbonyl (C=O) groups excluding carboxylic acids is 1. The van der Waals surface area contributed by atoms with Gasteiger partial charge < -0.3 is 10.6 Å². The summed E-state index contributed by atoms with van der Waals surface area (Å²) in [4.78, 5) is 12.1. The zero-order valence-corrected chi connectivity index (χ0v) is 13.6. The number of halogens is 1. The third-order valence-electron chi connectivity index (χ3n) is 2.64. The highest BCUT2D eigenvalue weighted by Crippen LogP contribution is 2.19. The first-order valence-corrected chi connectivity index (χ1v) is 7.84. The molecule has 0 aliphatic rings. The number of anilines is 1. The highest BCUT2D eigenvalue weighted by Gasteiger charge is 2.16. The van der Waals surface area contributed by atoms with Crippen molar-refractivity contribution >= 4 is 38.3 Å². The van der Waals surface area contributed by atoms with Gasteiger partial charge in [-0.05, 0) is 31.5 Å². The second-order valence-corrected chi connectivity index (χ2v) is 6.09. The normalized spacial score (nSPS) is 11.9. The second-order valence-electron chi connectivity index (χ2n) is 4.19. The number of carbonyl (C=O) groups is 1. The number of nitrogens with zero attached hydrogens (tertiary/aromatic N) is 2. The molecule has 0 saturated heterocycles. The molecule has 1 heterocycles. The van der Waals surface area contributed by atoms with Gasteiger partial charge in [-0.1, -0.05) is 39.4 Å². The number of benzene rings is 1. The molecule has 2 aromatic rings. The molecule has 106 valence electrons. The summed E-state index contributed by atoms with van der Waals surface area (Å²) in [7, 11) is 0. The molecule has 0 saturated carbocycles. The summed E-state index contributed by atoms with van der Waals surface area (Å²) in [6.45, 7) is 4.66. The highest BCUT2D eigenvalue weighted by molar-refractivity contribution is 9.10. The van der Waals surface area contributed by atoms with Gasteiger partial charge in [-0.2, -0.15) is 0 Å². The molecule has 0 radical (unpaired) electrons. The predicted octanol–water partition coefficient (Wildman–Crippen LogP) is 3.22. The van der Waals surface area contributed by atoms with Gasteiger partial charge in [0.25, 0.3) is 5.91 Å². The van der Waals surface area contributed by atoms with Crippen LogP contribution in [0, 0.1) is 0 Å². The molecule has 0 spiro atoms. The molecule has 5 nitrogen and oxygen atoms in total. The van der Waals surface area contributed by atoms with E-state index in [0.717, 1.165) is 16.6 Å². The molecule has 7 heteroatoms. The fourth-order valence-corrected chi connectivity index (χ4v) is 2.79. The van der Waals surface area contributed by atoms with Crippen molar-refractivity contribution in [3.05, 3.63) is 39.3 Å². The van der Waals surface area contributed by atoms with E-state index in [1.807, 2.05) is 38.1 Å². The first-order chi connectivity index (χ1) is 9.60. The van der Waals surface area contributed by atoms with Crippen molar-refractivity contribution in [1.82, 2.24) is 15.5 Å². The van der Waals surface area contributed by atoms with E-state index >= 15 is 0 Å². The van der Waals surface area contributed by atoms with Crippen molar-refractivity contribution in [2.75, 3.05) is 11.9 Å². The molecular weight excluding hydrogens is 340 g/mol. The smallest absolute Gasteiger partial charge is 0.282 e. The standard InChI is InChI=1S/C13H15BrN4OS/c1-3-15-13-18-17-12(20-13)11(19)16-8(2)9-5-4-6-10(14)7-9/h4-8H,3H2,1-2H3,(H,15,18)(H,16,19). The van der Waals surface area contributed by atoms with Crippen LogP contribution in [0.3, 0.4) is 0 Å². The van der Waals surface area contributed by atoms with E-state index < -0.39 is 0 Å². The maximum Gasteiger partial charge on any atom is 0.282 e. The Bertz CT molecular complexity index is 602. The average molecular weight is 355 g/mol. The number of hydrogen-bond acceptors (Lipinski definition) is 5. The van der Waals surface area contributed by atoms with Gasteiger partial charge in [0.15, 0.2) is 0 Å². The molecular formula is C13H15BrN4OS. The second kappa shape index (κ2) is 6.81. The molecule has 1 aromatic heterocycles. The predicted molar refractivity (Wildman–Crippen MR) is 84.1 cm³/mol. The van der Waals surface area contributed by atoms with Crippen molar-refractivity contribution < 1.29 is 4.79 Å². The monoisotopic (exact) mass is 354 g/mol. The SMILES string of the molecule is CCNc1nnc(C(=O)NC(C)c2cccc(Br)c2)s1. The van der Waals surface area contributed by atoms with E-state index in [9.17, 15) is 4.79 Å². The van der Waals surface area contributed by atoms with Gasteiger partial charge in [0.1, 0.15) is 0 Å². The number of nitrogens with one attached hydrogen (secondary N) is 2. The van der Waals surface area contributed by atoms with E-state index in [1.165, 1.54) is 11.3 Å². The van der Waals surface area contributed by atoms with Crippen LogP contribution in [-0.4, -0.2) is 22.6 Å². The van der Waals surface area contributed by atoms with Crippen LogP contribution in [-0.2, 0) is 0 Å². The highest BCUT2D eigenvalue weighted by atomic mass is 79.9. The van der Waals surface area contributed by atoms with E-state index in [4.69, 9.17) is 0 Å². The molecule has 2 rings (SSSR count). The van der Waals surface area contributed by atoms with Crippen LogP contribution in [0.5, 0.6) is 0 Å². The van der Waals surface area contributed by atoms with Gasteiger partial charge >= 0.3 is 0 Å². The van der Waals surface area contributed by atoms with Gasteiger partial charge in [-0.3, -0.25) is 4.79 Å². The van der Waals surface area contributed by atoms with E-state index in [1.54, 1.807) is 0 Å². The largest absolute Gasteiger partial charge is 0.360 e. The molecule has 0 fully saturated rings. The Morgan fingerprint density at radius 2 is 2.25 bits per heavy atom. The van der Waals surface area contributed by atoms with E-state index in [0.29, 0.717) is 10.1 Å². The lowest BCUT2D eigenvalue weighted by molar-refractivity contribution is 0.0939. The van der Waals surface area contributed by atoms with Crippen LogP contribution in [0.15, 0.2) is 28.7 Å². The maximum atomic E-state index is 12.1. The summed E-state index contributed by atoms with van der Waals surface area (Å²) in [6, 6.07) is 7.75. The third kappa shape index (κ3) is 3.77. The van der Waals surface area contributed by atoms with Crippen molar-refractivity contribution in [1.29, 1.82) is 0 Å². The molecule has 1 atom stereocenters. The Kier molecular flexibility index (Phi) is 5.08. The van der Waals surface area contributed by atoms with E-state index in [2.05, 4.69) is 36.8 Å².